The van der Waals surface area contributed by atoms with Crippen LogP contribution in [0.25, 0.3) is 0 Å². The number of ether oxygens (including phenoxy) is 1. The summed E-state index contributed by atoms with van der Waals surface area (Å²) in [4.78, 5) is 8.61. The highest BCUT2D eigenvalue weighted by molar-refractivity contribution is 5.54. The van der Waals surface area contributed by atoms with Crippen molar-refractivity contribution in [3.63, 3.8) is 0 Å². The van der Waals surface area contributed by atoms with Crippen LogP contribution in [0, 0.1) is 11.3 Å². The molecule has 2 fully saturated rings. The Morgan fingerprint density at radius 1 is 1.14 bits per heavy atom. The summed E-state index contributed by atoms with van der Waals surface area (Å²) in [7, 11) is 0. The Morgan fingerprint density at radius 3 is 2.55 bits per heavy atom. The van der Waals surface area contributed by atoms with Gasteiger partial charge in [0, 0.05) is 12.1 Å². The van der Waals surface area contributed by atoms with E-state index in [4.69, 9.17) is 4.74 Å². The lowest BCUT2D eigenvalue weighted by Gasteiger charge is -2.30. The molecule has 1 aromatic rings. The molecule has 0 saturated heterocycles. The van der Waals surface area contributed by atoms with Gasteiger partial charge in [-0.25, -0.2) is 4.98 Å². The Kier molecular flexibility index (Phi) is 7.14. The molecule has 0 bridgehead atoms. The molecule has 1 aromatic heterocycles. The fourth-order valence-electron chi connectivity index (χ4n) is 3.90. The van der Waals surface area contributed by atoms with Crippen LogP contribution in [-0.4, -0.2) is 52.1 Å². The number of anilines is 2. The molecule has 2 aliphatic rings. The summed E-state index contributed by atoms with van der Waals surface area (Å²) in [6, 6.07) is 2.16. The number of halogens is 3. The number of hydrogen-bond acceptors (Lipinski definition) is 7. The molecule has 0 aromatic carbocycles. The molecule has 2 atom stereocenters. The fraction of sp³-hybridized carbons (Fsp3) is 0.737. The molecule has 29 heavy (non-hydrogen) atoms. The number of alkyl halides is 3. The Labute approximate surface area is 167 Å². The van der Waals surface area contributed by atoms with Gasteiger partial charge in [0.15, 0.2) is 0 Å². The number of nitrogens with one attached hydrogen (secondary N) is 2. The minimum Gasteiger partial charge on any atom is -0.393 e. The molecule has 0 spiro atoms. The Bertz CT molecular complexity index is 717. The van der Waals surface area contributed by atoms with E-state index in [0.29, 0.717) is 49.4 Å². The van der Waals surface area contributed by atoms with Crippen LogP contribution in [0.5, 0.6) is 0 Å². The van der Waals surface area contributed by atoms with Gasteiger partial charge in [-0.1, -0.05) is 0 Å². The first-order valence-corrected chi connectivity index (χ1v) is 9.99. The summed E-state index contributed by atoms with van der Waals surface area (Å²) in [5.74, 6) is 0.814. The number of rotatable bonds is 6. The standard InChI is InChI=1S/C19H26F3N5O2/c20-19(21,22)11-29-16-6-4-13(5-7-16)26-18-24-10-12(9-23)17(27-18)25-14-2-1-3-15(28)8-14/h10,13-16,28H,1-8,11H2,(H2,24,25,26,27)/t13-,14-,15-,16-/m1/s1. The zero-order valence-electron chi connectivity index (χ0n) is 16.1. The number of aliphatic hydroxyl groups is 1. The quantitative estimate of drug-likeness (QED) is 0.657. The van der Waals surface area contributed by atoms with Crippen LogP contribution in [0.4, 0.5) is 24.9 Å². The first kappa shape index (κ1) is 21.6. The lowest BCUT2D eigenvalue weighted by Crippen LogP contribution is -2.33. The molecule has 0 radical (unpaired) electrons. The van der Waals surface area contributed by atoms with Crippen LogP contribution in [0.3, 0.4) is 0 Å². The molecule has 3 N–H and O–H groups in total. The van der Waals surface area contributed by atoms with Crippen LogP contribution < -0.4 is 10.6 Å². The van der Waals surface area contributed by atoms with Crippen LogP contribution in [0.2, 0.25) is 0 Å². The van der Waals surface area contributed by atoms with Gasteiger partial charge >= 0.3 is 6.18 Å². The van der Waals surface area contributed by atoms with Crippen molar-refractivity contribution in [2.24, 2.45) is 0 Å². The second kappa shape index (κ2) is 9.59. The van der Waals surface area contributed by atoms with Gasteiger partial charge in [0.2, 0.25) is 5.95 Å². The second-order valence-electron chi connectivity index (χ2n) is 7.77. The predicted molar refractivity (Wildman–Crippen MR) is 100 cm³/mol. The minimum atomic E-state index is -4.30. The maximum Gasteiger partial charge on any atom is 0.411 e. The van der Waals surface area contributed by atoms with Crippen molar-refractivity contribution in [3.05, 3.63) is 11.8 Å². The van der Waals surface area contributed by atoms with Gasteiger partial charge in [-0.3, -0.25) is 0 Å². The Hall–Kier alpha value is -2.12. The third-order valence-electron chi connectivity index (χ3n) is 5.39. The van der Waals surface area contributed by atoms with E-state index in [9.17, 15) is 23.5 Å². The van der Waals surface area contributed by atoms with Gasteiger partial charge in [-0.05, 0) is 51.4 Å². The summed E-state index contributed by atoms with van der Waals surface area (Å²) in [5, 5.41) is 25.6. The highest BCUT2D eigenvalue weighted by Crippen LogP contribution is 2.27. The number of nitriles is 1. The molecule has 7 nitrogen and oxygen atoms in total. The Balaban J connectivity index is 1.54. The average Bonchev–Trinajstić information content (AvgIpc) is 2.67. The number of hydrogen-bond donors (Lipinski definition) is 3. The van der Waals surface area contributed by atoms with Crippen molar-refractivity contribution in [2.75, 3.05) is 17.2 Å². The van der Waals surface area contributed by atoms with E-state index >= 15 is 0 Å². The largest absolute Gasteiger partial charge is 0.411 e. The monoisotopic (exact) mass is 413 g/mol. The number of aromatic nitrogens is 2. The number of aliphatic hydroxyl groups excluding tert-OH is 1. The van der Waals surface area contributed by atoms with Crippen LogP contribution in [-0.2, 0) is 4.74 Å². The molecule has 0 amide bonds. The normalized spacial score (nSPS) is 27.8. The van der Waals surface area contributed by atoms with Crippen LogP contribution in [0.1, 0.15) is 56.9 Å². The van der Waals surface area contributed by atoms with Gasteiger partial charge in [0.05, 0.1) is 18.4 Å². The molecule has 0 unspecified atom stereocenters. The van der Waals surface area contributed by atoms with E-state index in [1.54, 1.807) is 0 Å². The maximum atomic E-state index is 12.3. The maximum absolute atomic E-state index is 12.3. The zero-order valence-corrected chi connectivity index (χ0v) is 16.1. The van der Waals surface area contributed by atoms with Gasteiger partial charge in [0.1, 0.15) is 24.1 Å². The highest BCUT2D eigenvalue weighted by atomic mass is 19.4. The molecule has 0 aliphatic heterocycles. The SMILES string of the molecule is N#Cc1cnc(N[C@H]2CC[C@H](OCC(F)(F)F)CC2)nc1N[C@@H]1CCC[C@@H](O)C1. The predicted octanol–water partition coefficient (Wildman–Crippen LogP) is 3.37. The summed E-state index contributed by atoms with van der Waals surface area (Å²) < 4.78 is 41.7. The summed E-state index contributed by atoms with van der Waals surface area (Å²) in [6.07, 6.45) is 2.02. The van der Waals surface area contributed by atoms with E-state index < -0.39 is 12.8 Å². The molecule has 1 heterocycles. The van der Waals surface area contributed by atoms with Crippen molar-refractivity contribution in [3.8, 4) is 6.07 Å². The first-order valence-electron chi connectivity index (χ1n) is 9.99. The molecule has 160 valence electrons. The van der Waals surface area contributed by atoms with E-state index in [1.165, 1.54) is 6.20 Å². The van der Waals surface area contributed by atoms with E-state index in [0.717, 1.165) is 19.3 Å². The third kappa shape index (κ3) is 6.72. The summed E-state index contributed by atoms with van der Waals surface area (Å²) >= 11 is 0. The fourth-order valence-corrected chi connectivity index (χ4v) is 3.90. The van der Waals surface area contributed by atoms with Crippen LogP contribution in [0.15, 0.2) is 6.20 Å². The first-order chi connectivity index (χ1) is 13.8. The lowest BCUT2D eigenvalue weighted by molar-refractivity contribution is -0.187. The molecule has 3 rings (SSSR count). The minimum absolute atomic E-state index is 0.0398. The Morgan fingerprint density at radius 2 is 1.90 bits per heavy atom. The van der Waals surface area contributed by atoms with E-state index in [2.05, 4.69) is 26.7 Å². The molecular formula is C19H26F3N5O2. The molecule has 10 heteroatoms. The van der Waals surface area contributed by atoms with Crippen molar-refractivity contribution < 1.29 is 23.0 Å². The summed E-state index contributed by atoms with van der Waals surface area (Å²) in [6.45, 7) is -1.21. The van der Waals surface area contributed by atoms with Crippen molar-refractivity contribution in [1.82, 2.24) is 9.97 Å². The van der Waals surface area contributed by atoms with Crippen molar-refractivity contribution in [1.29, 1.82) is 5.26 Å². The highest BCUT2D eigenvalue weighted by Gasteiger charge is 2.31. The van der Waals surface area contributed by atoms with Crippen LogP contribution >= 0.6 is 0 Å². The number of nitrogens with zero attached hydrogens (tertiary/aromatic N) is 3. The zero-order chi connectivity index (χ0) is 20.9. The van der Waals surface area contributed by atoms with E-state index in [1.807, 2.05) is 0 Å². The van der Waals surface area contributed by atoms with E-state index in [-0.39, 0.29) is 24.3 Å². The average molecular weight is 413 g/mol. The smallest absolute Gasteiger partial charge is 0.393 e. The topological polar surface area (TPSA) is 103 Å². The third-order valence-corrected chi connectivity index (χ3v) is 5.39. The van der Waals surface area contributed by atoms with Gasteiger partial charge in [-0.15, -0.1) is 0 Å². The molecular weight excluding hydrogens is 387 g/mol. The van der Waals surface area contributed by atoms with Gasteiger partial charge in [-0.2, -0.15) is 23.4 Å². The van der Waals surface area contributed by atoms with Crippen molar-refractivity contribution in [2.45, 2.75) is 81.8 Å². The summed E-state index contributed by atoms with van der Waals surface area (Å²) in [5.41, 5.74) is 0.333. The molecule has 2 saturated carbocycles. The lowest BCUT2D eigenvalue weighted by atomic mass is 9.93. The second-order valence-corrected chi connectivity index (χ2v) is 7.77. The van der Waals surface area contributed by atoms with Gasteiger partial charge < -0.3 is 20.5 Å². The van der Waals surface area contributed by atoms with Crippen molar-refractivity contribution >= 4 is 11.8 Å². The van der Waals surface area contributed by atoms with Gasteiger partial charge in [0.25, 0.3) is 0 Å². The molecule has 2 aliphatic carbocycles.